The van der Waals surface area contributed by atoms with Crippen LogP contribution < -0.4 is 5.69 Å². The number of H-pyrrole nitrogens is 1. The maximum absolute atomic E-state index is 13.0. The molecule has 0 saturated heterocycles. The maximum atomic E-state index is 13.0. The predicted octanol–water partition coefficient (Wildman–Crippen LogP) is 5.65. The lowest BCUT2D eigenvalue weighted by Crippen LogP contribution is -2.17. The fraction of sp³-hybridized carbons (Fsp3) is 0.174. The van der Waals surface area contributed by atoms with Gasteiger partial charge in [-0.05, 0) is 53.8 Å². The molecule has 0 fully saturated rings. The quantitative estimate of drug-likeness (QED) is 0.465. The van der Waals surface area contributed by atoms with Gasteiger partial charge in [0.25, 0.3) is 0 Å². The molecule has 29 heavy (non-hydrogen) atoms. The molecule has 1 N–H and O–H groups in total. The first-order chi connectivity index (χ1) is 13.9. The first-order valence-electron chi connectivity index (χ1n) is 9.36. The monoisotopic (exact) mass is 396 g/mol. The van der Waals surface area contributed by atoms with E-state index in [1.807, 2.05) is 18.2 Å². The van der Waals surface area contributed by atoms with Crippen LogP contribution in [0.1, 0.15) is 17.5 Å². The molecule has 0 aliphatic carbocycles. The van der Waals surface area contributed by atoms with Crippen molar-refractivity contribution >= 4 is 11.0 Å². The van der Waals surface area contributed by atoms with Gasteiger partial charge in [-0.2, -0.15) is 13.2 Å². The third-order valence-corrected chi connectivity index (χ3v) is 4.99. The number of benzene rings is 3. The molecule has 4 rings (SSSR count). The lowest BCUT2D eigenvalue weighted by Gasteiger charge is -2.09. The van der Waals surface area contributed by atoms with Gasteiger partial charge in [0.1, 0.15) is 0 Å². The number of aryl methyl sites for hydroxylation is 2. The second-order valence-corrected chi connectivity index (χ2v) is 6.98. The number of nitrogens with zero attached hydrogens (tertiary/aromatic N) is 1. The summed E-state index contributed by atoms with van der Waals surface area (Å²) in [5.74, 6) is 0. The maximum Gasteiger partial charge on any atom is 0.416 e. The van der Waals surface area contributed by atoms with Crippen LogP contribution in [-0.2, 0) is 19.1 Å². The minimum atomic E-state index is -4.39. The Morgan fingerprint density at radius 2 is 1.62 bits per heavy atom. The molecular weight excluding hydrogens is 377 g/mol. The first-order valence-corrected chi connectivity index (χ1v) is 9.36. The van der Waals surface area contributed by atoms with Gasteiger partial charge >= 0.3 is 11.9 Å². The molecule has 0 aliphatic heterocycles. The summed E-state index contributed by atoms with van der Waals surface area (Å²) < 4.78 is 40.6. The van der Waals surface area contributed by atoms with E-state index >= 15 is 0 Å². The minimum absolute atomic E-state index is 0.214. The molecule has 3 nitrogen and oxygen atoms in total. The summed E-state index contributed by atoms with van der Waals surface area (Å²) in [5, 5.41) is 0. The van der Waals surface area contributed by atoms with Gasteiger partial charge in [0.05, 0.1) is 16.6 Å². The summed E-state index contributed by atoms with van der Waals surface area (Å²) in [7, 11) is 0. The molecule has 0 atom stereocenters. The Balaban J connectivity index is 1.59. The molecule has 0 saturated carbocycles. The Hall–Kier alpha value is -3.28. The molecule has 0 bridgehead atoms. The Morgan fingerprint density at radius 3 is 2.38 bits per heavy atom. The van der Waals surface area contributed by atoms with Gasteiger partial charge in [0.15, 0.2) is 0 Å². The van der Waals surface area contributed by atoms with Crippen LogP contribution in [0.25, 0.3) is 22.2 Å². The van der Waals surface area contributed by atoms with Crippen molar-refractivity contribution in [3.05, 3.63) is 94.4 Å². The van der Waals surface area contributed by atoms with Gasteiger partial charge in [0, 0.05) is 6.54 Å². The van der Waals surface area contributed by atoms with Crippen LogP contribution >= 0.6 is 0 Å². The molecule has 0 radical (unpaired) electrons. The molecule has 0 amide bonds. The second kappa shape index (κ2) is 7.62. The van der Waals surface area contributed by atoms with Gasteiger partial charge in [-0.1, -0.05) is 48.5 Å². The van der Waals surface area contributed by atoms with Crippen LogP contribution in [0.2, 0.25) is 0 Å². The summed E-state index contributed by atoms with van der Waals surface area (Å²) >= 11 is 0. The Kier molecular flexibility index (Phi) is 5.01. The Morgan fingerprint density at radius 1 is 0.862 bits per heavy atom. The van der Waals surface area contributed by atoms with Crippen molar-refractivity contribution in [2.45, 2.75) is 25.6 Å². The van der Waals surface area contributed by atoms with E-state index in [1.54, 1.807) is 28.8 Å². The smallest absolute Gasteiger partial charge is 0.306 e. The van der Waals surface area contributed by atoms with Crippen LogP contribution in [0.5, 0.6) is 0 Å². The number of rotatable bonds is 5. The van der Waals surface area contributed by atoms with Crippen molar-refractivity contribution in [3.63, 3.8) is 0 Å². The van der Waals surface area contributed by atoms with E-state index in [1.165, 1.54) is 11.6 Å². The molecule has 1 aromatic heterocycles. The summed E-state index contributed by atoms with van der Waals surface area (Å²) in [5.41, 5.74) is 2.76. The number of imidazole rings is 1. The number of fused-ring (bicyclic) bond motifs is 1. The highest BCUT2D eigenvalue weighted by Crippen LogP contribution is 2.32. The Labute approximate surface area is 165 Å². The van der Waals surface area contributed by atoms with E-state index < -0.39 is 11.7 Å². The predicted molar refractivity (Wildman–Crippen MR) is 108 cm³/mol. The number of nitrogens with one attached hydrogen (secondary N) is 1. The van der Waals surface area contributed by atoms with Crippen molar-refractivity contribution < 1.29 is 13.2 Å². The molecule has 148 valence electrons. The highest BCUT2D eigenvalue weighted by molar-refractivity contribution is 5.82. The lowest BCUT2D eigenvalue weighted by atomic mass is 10.0. The third-order valence-electron chi connectivity index (χ3n) is 4.99. The SMILES string of the molecule is O=c1[nH]c2cc(-c3cccc(C(F)(F)F)c3)ccc2n1CCCc1ccccc1. The number of aromatic amines is 1. The van der Waals surface area contributed by atoms with Crippen molar-refractivity contribution in [2.75, 3.05) is 0 Å². The second-order valence-electron chi connectivity index (χ2n) is 6.98. The molecule has 3 aromatic carbocycles. The van der Waals surface area contributed by atoms with E-state index in [9.17, 15) is 18.0 Å². The molecular formula is C23H19F3N2O. The molecule has 0 unspecified atom stereocenters. The van der Waals surface area contributed by atoms with Gasteiger partial charge in [-0.15, -0.1) is 0 Å². The zero-order valence-electron chi connectivity index (χ0n) is 15.5. The highest BCUT2D eigenvalue weighted by Gasteiger charge is 2.30. The van der Waals surface area contributed by atoms with E-state index in [0.717, 1.165) is 30.5 Å². The summed E-state index contributed by atoms with van der Waals surface area (Å²) in [6.07, 6.45) is -2.72. The number of hydrogen-bond donors (Lipinski definition) is 1. The first kappa shape index (κ1) is 19.1. The summed E-state index contributed by atoms with van der Waals surface area (Å²) in [6.45, 7) is 0.566. The normalized spacial score (nSPS) is 11.8. The van der Waals surface area contributed by atoms with Crippen LogP contribution in [0, 0.1) is 0 Å². The molecule has 0 spiro atoms. The highest BCUT2D eigenvalue weighted by atomic mass is 19.4. The Bertz CT molecular complexity index is 1190. The average molecular weight is 396 g/mol. The van der Waals surface area contributed by atoms with E-state index in [2.05, 4.69) is 17.1 Å². The van der Waals surface area contributed by atoms with Gasteiger partial charge in [0.2, 0.25) is 0 Å². The lowest BCUT2D eigenvalue weighted by molar-refractivity contribution is -0.137. The van der Waals surface area contributed by atoms with Crippen molar-refractivity contribution in [2.24, 2.45) is 0 Å². The molecule has 6 heteroatoms. The van der Waals surface area contributed by atoms with E-state index in [4.69, 9.17) is 0 Å². The van der Waals surface area contributed by atoms with E-state index in [-0.39, 0.29) is 5.69 Å². The van der Waals surface area contributed by atoms with Crippen molar-refractivity contribution in [1.82, 2.24) is 9.55 Å². The van der Waals surface area contributed by atoms with Crippen LogP contribution in [0.4, 0.5) is 13.2 Å². The van der Waals surface area contributed by atoms with Crippen LogP contribution in [0.3, 0.4) is 0 Å². The largest absolute Gasteiger partial charge is 0.416 e. The fourth-order valence-electron chi connectivity index (χ4n) is 3.53. The van der Waals surface area contributed by atoms with Gasteiger partial charge < -0.3 is 4.98 Å². The minimum Gasteiger partial charge on any atom is -0.306 e. The zero-order valence-corrected chi connectivity index (χ0v) is 15.5. The summed E-state index contributed by atoms with van der Waals surface area (Å²) in [4.78, 5) is 15.2. The molecule has 0 aliphatic rings. The van der Waals surface area contributed by atoms with Crippen molar-refractivity contribution in [3.8, 4) is 11.1 Å². The number of aromatic nitrogens is 2. The van der Waals surface area contributed by atoms with Crippen LogP contribution in [0.15, 0.2) is 77.6 Å². The van der Waals surface area contributed by atoms with E-state index in [0.29, 0.717) is 23.2 Å². The topological polar surface area (TPSA) is 37.8 Å². The average Bonchev–Trinajstić information content (AvgIpc) is 3.03. The standard InChI is InChI=1S/C23H19F3N2O/c24-23(25,26)19-10-4-9-17(14-19)18-11-12-21-20(15-18)27-22(29)28(21)13-5-8-16-6-2-1-3-7-16/h1-4,6-7,9-12,14-15H,5,8,13H2,(H,27,29). The number of alkyl halides is 3. The van der Waals surface area contributed by atoms with Crippen molar-refractivity contribution in [1.29, 1.82) is 0 Å². The molecule has 4 aromatic rings. The fourth-order valence-corrected chi connectivity index (χ4v) is 3.53. The van der Waals surface area contributed by atoms with Crippen LogP contribution in [-0.4, -0.2) is 9.55 Å². The zero-order chi connectivity index (χ0) is 20.4. The third kappa shape index (κ3) is 4.11. The van der Waals surface area contributed by atoms with Gasteiger partial charge in [-0.3, -0.25) is 4.57 Å². The number of halogens is 3. The van der Waals surface area contributed by atoms with Gasteiger partial charge in [-0.25, -0.2) is 4.79 Å². The molecule has 1 heterocycles. The summed E-state index contributed by atoms with van der Waals surface area (Å²) in [6, 6.07) is 20.5. The number of hydrogen-bond acceptors (Lipinski definition) is 1.